The van der Waals surface area contributed by atoms with Gasteiger partial charge >= 0.3 is 11.9 Å². The number of carbonyl (C=O) groups is 3. The summed E-state index contributed by atoms with van der Waals surface area (Å²) in [4.78, 5) is 36.7. The molecule has 8 heteroatoms. The van der Waals surface area contributed by atoms with E-state index in [4.69, 9.17) is 14.2 Å². The quantitative estimate of drug-likeness (QED) is 0.0273. The first-order valence-electron chi connectivity index (χ1n) is 20.9. The molecule has 298 valence electrons. The van der Waals surface area contributed by atoms with E-state index in [0.717, 1.165) is 70.6 Å². The van der Waals surface area contributed by atoms with Gasteiger partial charge in [-0.3, -0.25) is 9.59 Å². The lowest BCUT2D eigenvalue weighted by atomic mass is 10.1. The van der Waals surface area contributed by atoms with Crippen molar-refractivity contribution in [1.29, 1.82) is 0 Å². The predicted molar refractivity (Wildman–Crippen MR) is 208 cm³/mol. The number of nitrogens with zero attached hydrogens (tertiary/aromatic N) is 1. The van der Waals surface area contributed by atoms with E-state index in [9.17, 15) is 19.5 Å². The van der Waals surface area contributed by atoms with Crippen LogP contribution in [0.1, 0.15) is 181 Å². The van der Waals surface area contributed by atoms with Gasteiger partial charge in [-0.1, -0.05) is 128 Å². The van der Waals surface area contributed by atoms with E-state index in [1.165, 1.54) is 77.0 Å². The molecule has 0 aromatic rings. The van der Waals surface area contributed by atoms with Gasteiger partial charge in [0.05, 0.1) is 40.3 Å². The zero-order valence-electron chi connectivity index (χ0n) is 33.8. The Balaban J connectivity index is 4.36. The van der Waals surface area contributed by atoms with E-state index >= 15 is 0 Å². The average molecular weight is 722 g/mol. The number of esters is 2. The molecule has 0 N–H and O–H groups in total. The highest BCUT2D eigenvalue weighted by Crippen LogP contribution is 2.13. The van der Waals surface area contributed by atoms with Gasteiger partial charge < -0.3 is 28.6 Å². The normalized spacial score (nSPS) is 13.2. The molecular formula is C43H79NO7. The molecule has 0 radical (unpaired) electrons. The molecule has 51 heavy (non-hydrogen) atoms. The molecule has 2 atom stereocenters. The van der Waals surface area contributed by atoms with Gasteiger partial charge in [0.15, 0.2) is 6.10 Å². The molecule has 0 bridgehead atoms. The van der Waals surface area contributed by atoms with Crippen molar-refractivity contribution in [2.75, 3.05) is 41.0 Å². The first-order valence-corrected chi connectivity index (χ1v) is 20.9. The lowest BCUT2D eigenvalue weighted by Gasteiger charge is -2.34. The molecule has 0 aliphatic heterocycles. The van der Waals surface area contributed by atoms with Crippen molar-refractivity contribution in [3.63, 3.8) is 0 Å². The van der Waals surface area contributed by atoms with Gasteiger partial charge in [-0.2, -0.15) is 0 Å². The fourth-order valence-corrected chi connectivity index (χ4v) is 5.99. The van der Waals surface area contributed by atoms with Crippen molar-refractivity contribution in [1.82, 2.24) is 0 Å². The summed E-state index contributed by atoms with van der Waals surface area (Å²) in [5.41, 5.74) is 0. The number of aliphatic carboxylic acids is 1. The SMILES string of the molecule is CCCC/C=C/CCCCCCCC(=O)OC(COCCC(C(=O)[O-])[N+](C)(C)C)COC(=O)CCCCCCC/C=C/CCCCCCCCC. The maximum absolute atomic E-state index is 12.6. The van der Waals surface area contributed by atoms with Crippen molar-refractivity contribution in [3.05, 3.63) is 24.3 Å². The van der Waals surface area contributed by atoms with Crippen LogP contribution in [0.25, 0.3) is 0 Å². The predicted octanol–water partition coefficient (Wildman–Crippen LogP) is 9.58. The Labute approximate surface area is 313 Å². The summed E-state index contributed by atoms with van der Waals surface area (Å²) >= 11 is 0. The summed E-state index contributed by atoms with van der Waals surface area (Å²) in [5.74, 6) is -1.76. The van der Waals surface area contributed by atoms with E-state index in [0.29, 0.717) is 12.8 Å². The summed E-state index contributed by atoms with van der Waals surface area (Å²) in [6, 6.07) is -0.725. The molecule has 0 saturated carbocycles. The van der Waals surface area contributed by atoms with Crippen LogP contribution in [0.3, 0.4) is 0 Å². The zero-order valence-corrected chi connectivity index (χ0v) is 33.8. The second kappa shape index (κ2) is 34.9. The summed E-state index contributed by atoms with van der Waals surface area (Å²) in [5, 5.41) is 11.6. The lowest BCUT2D eigenvalue weighted by Crippen LogP contribution is -2.55. The summed E-state index contributed by atoms with van der Waals surface area (Å²) < 4.78 is 17.1. The number of likely N-dealkylation sites (N-methyl/N-ethyl adjacent to an activating group) is 1. The highest BCUT2D eigenvalue weighted by Gasteiger charge is 2.25. The fourth-order valence-electron chi connectivity index (χ4n) is 5.99. The highest BCUT2D eigenvalue weighted by atomic mass is 16.6. The smallest absolute Gasteiger partial charge is 0.306 e. The molecule has 0 rings (SSSR count). The van der Waals surface area contributed by atoms with Crippen LogP contribution in [0.4, 0.5) is 0 Å². The Kier molecular flexibility index (Phi) is 33.4. The number of ether oxygens (including phenoxy) is 3. The van der Waals surface area contributed by atoms with Crippen LogP contribution in [-0.2, 0) is 28.6 Å². The van der Waals surface area contributed by atoms with Crippen LogP contribution < -0.4 is 5.11 Å². The Morgan fingerprint density at radius 2 is 1.00 bits per heavy atom. The van der Waals surface area contributed by atoms with Gasteiger partial charge in [-0.15, -0.1) is 0 Å². The largest absolute Gasteiger partial charge is 0.544 e. The number of allylic oxidation sites excluding steroid dienone is 4. The minimum Gasteiger partial charge on any atom is -0.544 e. The Bertz CT molecular complexity index is 895. The molecule has 0 amide bonds. The van der Waals surface area contributed by atoms with E-state index in [1.807, 2.05) is 0 Å². The van der Waals surface area contributed by atoms with E-state index in [-0.39, 0.29) is 42.7 Å². The van der Waals surface area contributed by atoms with Gasteiger partial charge in [-0.05, 0) is 57.8 Å². The third-order valence-corrected chi connectivity index (χ3v) is 9.31. The molecule has 0 aromatic heterocycles. The number of carboxylic acid groups (broad SMARTS) is 1. The number of unbranched alkanes of at least 4 members (excludes halogenated alkanes) is 19. The third kappa shape index (κ3) is 33.4. The first-order chi connectivity index (χ1) is 24.6. The van der Waals surface area contributed by atoms with Gasteiger partial charge in [0.1, 0.15) is 12.6 Å². The topological polar surface area (TPSA) is 102 Å². The number of carboxylic acids is 1. The van der Waals surface area contributed by atoms with Crippen LogP contribution in [0.5, 0.6) is 0 Å². The van der Waals surface area contributed by atoms with Crippen molar-refractivity contribution in [3.8, 4) is 0 Å². The maximum atomic E-state index is 12.6. The van der Waals surface area contributed by atoms with E-state index < -0.39 is 18.1 Å². The van der Waals surface area contributed by atoms with Crippen molar-refractivity contribution < 1.29 is 38.2 Å². The number of quaternary nitrogens is 1. The Morgan fingerprint density at radius 1 is 0.569 bits per heavy atom. The molecule has 0 saturated heterocycles. The molecule has 0 spiro atoms. The highest BCUT2D eigenvalue weighted by molar-refractivity contribution is 5.70. The zero-order chi connectivity index (χ0) is 37.8. The first kappa shape index (κ1) is 48.8. The molecular weight excluding hydrogens is 642 g/mol. The number of rotatable bonds is 37. The number of hydrogen-bond acceptors (Lipinski definition) is 7. The van der Waals surface area contributed by atoms with Crippen molar-refractivity contribution in [2.45, 2.75) is 193 Å². The molecule has 0 aromatic carbocycles. The number of carbonyl (C=O) groups excluding carboxylic acids is 3. The number of hydrogen-bond donors (Lipinski definition) is 0. The molecule has 8 nitrogen and oxygen atoms in total. The standard InChI is InChI=1S/C43H79NO7/c1-6-8-10-12-14-16-18-19-20-21-22-24-25-27-29-31-33-41(45)50-38-39(37-49-36-35-40(43(47)48)44(3,4)5)51-42(46)34-32-30-28-26-23-17-15-13-11-9-7-2/h13,15,20-21,39-40H,6-12,14,16-19,22-38H2,1-5H3/b15-13+,21-20+. The second-order valence-electron chi connectivity index (χ2n) is 15.2. The van der Waals surface area contributed by atoms with Gasteiger partial charge in [0.25, 0.3) is 0 Å². The van der Waals surface area contributed by atoms with Crippen LogP contribution in [0, 0.1) is 0 Å². The fraction of sp³-hybridized carbons (Fsp3) is 0.837. The summed E-state index contributed by atoms with van der Waals surface area (Å²) in [6.07, 6.45) is 36.3. The van der Waals surface area contributed by atoms with Crippen molar-refractivity contribution in [2.24, 2.45) is 0 Å². The maximum Gasteiger partial charge on any atom is 0.306 e. The van der Waals surface area contributed by atoms with Crippen LogP contribution >= 0.6 is 0 Å². The lowest BCUT2D eigenvalue weighted by molar-refractivity contribution is -0.889. The Hall–Kier alpha value is -2.19. The minimum atomic E-state index is -1.13. The third-order valence-electron chi connectivity index (χ3n) is 9.31. The molecule has 2 unspecified atom stereocenters. The van der Waals surface area contributed by atoms with E-state index in [2.05, 4.69) is 38.2 Å². The Morgan fingerprint density at radius 3 is 1.47 bits per heavy atom. The van der Waals surface area contributed by atoms with Crippen molar-refractivity contribution >= 4 is 17.9 Å². The monoisotopic (exact) mass is 722 g/mol. The van der Waals surface area contributed by atoms with Gasteiger partial charge in [0.2, 0.25) is 0 Å². The van der Waals surface area contributed by atoms with Gasteiger partial charge in [-0.25, -0.2) is 0 Å². The second-order valence-corrected chi connectivity index (χ2v) is 15.2. The molecule has 0 fully saturated rings. The summed E-state index contributed by atoms with van der Waals surface area (Å²) in [6.45, 7) is 4.60. The van der Waals surface area contributed by atoms with Crippen LogP contribution in [0.15, 0.2) is 24.3 Å². The average Bonchev–Trinajstić information content (AvgIpc) is 3.08. The van der Waals surface area contributed by atoms with Crippen LogP contribution in [0.2, 0.25) is 0 Å². The molecule has 0 aliphatic carbocycles. The van der Waals surface area contributed by atoms with Gasteiger partial charge in [0, 0.05) is 19.3 Å². The van der Waals surface area contributed by atoms with E-state index in [1.54, 1.807) is 21.1 Å². The van der Waals surface area contributed by atoms with Crippen LogP contribution in [-0.4, -0.2) is 75.5 Å². The molecule has 0 aliphatic rings. The minimum absolute atomic E-state index is 0.0369. The molecule has 0 heterocycles. The summed E-state index contributed by atoms with van der Waals surface area (Å²) in [7, 11) is 5.40.